The molecule has 11 rings (SSSR count). The van der Waals surface area contributed by atoms with Crippen LogP contribution in [0.1, 0.15) is 174 Å². The van der Waals surface area contributed by atoms with Crippen molar-refractivity contribution in [1.82, 2.24) is 77.0 Å². The van der Waals surface area contributed by atoms with Gasteiger partial charge in [0.05, 0.1) is 30.5 Å². The van der Waals surface area contributed by atoms with Crippen LogP contribution in [0.2, 0.25) is 0 Å². The summed E-state index contributed by atoms with van der Waals surface area (Å²) in [6.07, 6.45) is 6.50. The summed E-state index contributed by atoms with van der Waals surface area (Å²) in [6.45, 7) is 9.65. The van der Waals surface area contributed by atoms with Crippen molar-refractivity contribution in [3.8, 4) is 0 Å². The maximum atomic E-state index is 14.9. The summed E-state index contributed by atoms with van der Waals surface area (Å²) in [6, 6.07) is 43.9. The van der Waals surface area contributed by atoms with Crippen molar-refractivity contribution in [2.45, 2.75) is 223 Å². The molecule has 0 spiro atoms. The number of fused-ring (bicyclic) bond motifs is 2. The molecule has 9 N–H and O–H groups in total. The molecule has 7 aromatic rings. The standard InChI is InChI=1S/C79H103N15O6.2C2HF3O2/c1-5-58(6-2)74(95)85-72-61(50-81-48-56-26-12-8-13-27-56)38-40-63-42-44-68(93(63)78(72)99)76(97)83-70(59-30-16-10-17-31-59)66-52-91(89-87-66)46-22-20-24-54-34-36-55(37-35-54)25-21-23-47-92-53-67(88-90-92)71(60-32-18-11-19-33-60)84-77(98)69-45-43-64-41-39-62(51-82-49-57-28-14-9-15-29-57)73(79(100)94(64)69)86-75(96)65(7-3)80-4;2*3-2(4,5)1(6)7/h8-19,26-37,52-53,58,61-65,68-73,80-82H,5-7,20-25,38-51H2,1-4H3,(H,83,97)(H,84,98)(H,85,95)(H,86,96);2*(H,6,7)/t61-,62-,63+,64+,65+,68?,69+,70+,71+,72+,73+;;/m1../s1. The second-order valence-corrected chi connectivity index (χ2v) is 29.5. The third-order valence-corrected chi connectivity index (χ3v) is 21.8. The summed E-state index contributed by atoms with van der Waals surface area (Å²) >= 11 is 0. The highest BCUT2D eigenvalue weighted by Gasteiger charge is 2.50. The van der Waals surface area contributed by atoms with Crippen molar-refractivity contribution in [2.24, 2.45) is 17.8 Å². The molecule has 25 nitrogen and oxygen atoms in total. The highest BCUT2D eigenvalue weighted by molar-refractivity contribution is 5.95. The highest BCUT2D eigenvalue weighted by Crippen LogP contribution is 2.37. The van der Waals surface area contributed by atoms with Crippen molar-refractivity contribution in [1.29, 1.82) is 0 Å². The van der Waals surface area contributed by atoms with Crippen LogP contribution in [-0.2, 0) is 77.4 Å². The van der Waals surface area contributed by atoms with E-state index in [4.69, 9.17) is 19.8 Å². The number of unbranched alkanes of at least 4 members (excludes halogenated alkanes) is 2. The van der Waals surface area contributed by atoms with Gasteiger partial charge in [-0.2, -0.15) is 26.3 Å². The third kappa shape index (κ3) is 24.8. The number of likely N-dealkylation sites (N-methyl/N-ethyl adjacent to an activating group) is 1. The topological polar surface area (TPSA) is 329 Å². The lowest BCUT2D eigenvalue weighted by Gasteiger charge is -2.33. The molecule has 614 valence electrons. The Balaban J connectivity index is 0.000000972. The predicted molar refractivity (Wildman–Crippen MR) is 413 cm³/mol. The Labute approximate surface area is 659 Å². The number of rotatable bonds is 34. The van der Waals surface area contributed by atoms with Gasteiger partial charge in [0.2, 0.25) is 35.4 Å². The summed E-state index contributed by atoms with van der Waals surface area (Å²) in [7, 11) is 1.75. The number of alkyl halides is 6. The molecule has 4 fully saturated rings. The van der Waals surface area contributed by atoms with E-state index in [-0.39, 0.29) is 65.3 Å². The van der Waals surface area contributed by atoms with Gasteiger partial charge >= 0.3 is 24.3 Å². The van der Waals surface area contributed by atoms with Crippen LogP contribution >= 0.6 is 0 Å². The quantitative estimate of drug-likeness (QED) is 0.0134. The predicted octanol–water partition coefficient (Wildman–Crippen LogP) is 10.1. The molecule has 114 heavy (non-hydrogen) atoms. The number of hydrogen-bond acceptors (Lipinski definition) is 15. The van der Waals surface area contributed by atoms with E-state index in [9.17, 15) is 55.1 Å². The monoisotopic (exact) mass is 1590 g/mol. The number of nitrogens with one attached hydrogen (secondary N) is 7. The lowest BCUT2D eigenvalue weighted by molar-refractivity contribution is -0.193. The van der Waals surface area contributed by atoms with Gasteiger partial charge in [-0.1, -0.05) is 177 Å². The molecule has 0 radical (unpaired) electrons. The number of aryl methyl sites for hydroxylation is 4. The Morgan fingerprint density at radius 1 is 0.474 bits per heavy atom. The lowest BCUT2D eigenvalue weighted by Crippen LogP contribution is -2.59. The number of aliphatic carboxylic acids is 2. The van der Waals surface area contributed by atoms with E-state index in [2.05, 4.69) is 106 Å². The van der Waals surface area contributed by atoms with Crippen LogP contribution < -0.4 is 37.2 Å². The zero-order valence-electron chi connectivity index (χ0n) is 64.7. The fraction of sp³-hybridized carbons (Fsp3) is 0.494. The molecule has 5 aromatic carbocycles. The van der Waals surface area contributed by atoms with Crippen LogP contribution in [0.3, 0.4) is 0 Å². The van der Waals surface area contributed by atoms with E-state index in [0.717, 1.165) is 86.5 Å². The SMILES string of the molecule is CCC(CC)C(=O)N[C@@H]1C(=O)N2C(C(=O)N[C@@H](c3ccccc3)c3cn(CCCCc4ccc(CCCCn5cc([C@@H](NC(=O)[C@@H]6CC[C@@H]7CC[C@H](CNCc8ccccc8)[C@H](NC(=O)[C@H](CC)NC)C(=O)N76)c6ccccc6)nn5)cc4)nn3)CC[C@@H]2CC[C@@H]1CNCc1ccccc1.O=C(O)C(F)(F)F.O=C(O)C(F)(F)F. The molecule has 1 unspecified atom stereocenters. The van der Waals surface area contributed by atoms with Crippen LogP contribution in [0.15, 0.2) is 158 Å². The molecule has 0 aliphatic carbocycles. The molecule has 4 saturated heterocycles. The minimum atomic E-state index is -5.08. The zero-order chi connectivity index (χ0) is 81.9. The molecular weight excluding hydrogens is 1480 g/mol. The first-order valence-corrected chi connectivity index (χ1v) is 39.4. The van der Waals surface area contributed by atoms with Gasteiger partial charge in [-0.05, 0) is 150 Å². The Hall–Kier alpha value is -10.4. The number of aromatic nitrogens is 6. The molecule has 11 atom stereocenters. The minimum absolute atomic E-state index is 0.103. The second-order valence-electron chi connectivity index (χ2n) is 29.5. The molecule has 4 aliphatic rings. The normalized spacial score (nSPS) is 20.3. The van der Waals surface area contributed by atoms with Crippen LogP contribution in [0.5, 0.6) is 0 Å². The van der Waals surface area contributed by atoms with E-state index >= 15 is 0 Å². The highest BCUT2D eigenvalue weighted by atomic mass is 19.4. The number of halogens is 6. The van der Waals surface area contributed by atoms with Crippen LogP contribution in [0.4, 0.5) is 26.3 Å². The van der Waals surface area contributed by atoms with E-state index in [0.29, 0.717) is 95.6 Å². The van der Waals surface area contributed by atoms with Gasteiger partial charge in [0, 0.05) is 69.1 Å². The van der Waals surface area contributed by atoms with E-state index < -0.39 is 66.6 Å². The fourth-order valence-corrected chi connectivity index (χ4v) is 15.5. The van der Waals surface area contributed by atoms with Crippen molar-refractivity contribution in [3.63, 3.8) is 0 Å². The number of amides is 6. The van der Waals surface area contributed by atoms with Crippen LogP contribution in [0.25, 0.3) is 0 Å². The average molecular weight is 1590 g/mol. The summed E-state index contributed by atoms with van der Waals surface area (Å²) in [5.74, 6) is -7.23. The number of hydrogen-bond donors (Lipinski definition) is 9. The molecule has 2 aromatic heterocycles. The zero-order valence-corrected chi connectivity index (χ0v) is 64.7. The first kappa shape index (κ1) is 87.6. The van der Waals surface area contributed by atoms with Crippen molar-refractivity contribution in [3.05, 3.63) is 203 Å². The van der Waals surface area contributed by atoms with E-state index in [1.54, 1.807) is 16.8 Å². The Kier molecular flexibility index (Phi) is 32.8. The Morgan fingerprint density at radius 3 is 1.18 bits per heavy atom. The lowest BCUT2D eigenvalue weighted by atomic mass is 9.92. The molecule has 0 saturated carbocycles. The van der Waals surface area contributed by atoms with E-state index in [1.165, 1.54) is 11.1 Å². The van der Waals surface area contributed by atoms with Crippen LogP contribution in [-0.4, -0.2) is 172 Å². The van der Waals surface area contributed by atoms with Crippen molar-refractivity contribution in [2.75, 3.05) is 20.1 Å². The number of carboxylic acids is 2. The second kappa shape index (κ2) is 42.6. The molecule has 31 heteroatoms. The molecule has 4 aliphatic heterocycles. The molecule has 6 amide bonds. The Morgan fingerprint density at radius 2 is 0.833 bits per heavy atom. The van der Waals surface area contributed by atoms with Gasteiger partial charge in [0.15, 0.2) is 0 Å². The first-order valence-electron chi connectivity index (χ1n) is 39.4. The maximum absolute atomic E-state index is 14.9. The minimum Gasteiger partial charge on any atom is -0.475 e. The number of nitrogens with zero attached hydrogens (tertiary/aromatic N) is 8. The summed E-state index contributed by atoms with van der Waals surface area (Å²) in [5.41, 5.74) is 7.77. The van der Waals surface area contributed by atoms with Gasteiger partial charge in [0.25, 0.3) is 0 Å². The molecular formula is C83H105F6N15O10. The van der Waals surface area contributed by atoms with Gasteiger partial charge in [-0.3, -0.25) is 38.1 Å². The van der Waals surface area contributed by atoms with Crippen molar-refractivity contribution < 1.29 is 74.9 Å². The summed E-state index contributed by atoms with van der Waals surface area (Å²) in [4.78, 5) is 108. The van der Waals surface area contributed by atoms with Gasteiger partial charge in [-0.15, -0.1) is 10.2 Å². The van der Waals surface area contributed by atoms with Crippen molar-refractivity contribution >= 4 is 47.4 Å². The largest absolute Gasteiger partial charge is 0.490 e. The smallest absolute Gasteiger partial charge is 0.475 e. The van der Waals surface area contributed by atoms with Gasteiger partial charge < -0.3 is 57.2 Å². The van der Waals surface area contributed by atoms with Gasteiger partial charge in [-0.25, -0.2) is 9.59 Å². The molecule has 0 bridgehead atoms. The number of carboxylic acid groups (broad SMARTS) is 2. The Bertz CT molecular complexity index is 3950. The molecule has 6 heterocycles. The number of carbonyl (C=O) groups is 8. The number of carbonyl (C=O) groups excluding carboxylic acids is 6. The number of benzene rings is 5. The van der Waals surface area contributed by atoms with E-state index in [1.807, 2.05) is 140 Å². The average Bonchev–Trinajstić information content (AvgIpc) is 1.63. The first-order chi connectivity index (χ1) is 54.8. The fourth-order valence-electron chi connectivity index (χ4n) is 15.5. The van der Waals surface area contributed by atoms with Gasteiger partial charge in [0.1, 0.15) is 35.6 Å². The maximum Gasteiger partial charge on any atom is 0.490 e. The summed E-state index contributed by atoms with van der Waals surface area (Å²) in [5, 5.41) is 55.7. The summed E-state index contributed by atoms with van der Waals surface area (Å²) < 4.78 is 67.2. The van der Waals surface area contributed by atoms with Crippen LogP contribution in [0, 0.1) is 17.8 Å². The third-order valence-electron chi connectivity index (χ3n) is 21.8.